The molecule has 0 spiro atoms. The summed E-state index contributed by atoms with van der Waals surface area (Å²) in [6.45, 7) is 2.02. The monoisotopic (exact) mass is 333 g/mol. The molecule has 1 aromatic carbocycles. The van der Waals surface area contributed by atoms with Gasteiger partial charge in [-0.3, -0.25) is 9.78 Å². The Morgan fingerprint density at radius 3 is 2.80 bits per heavy atom. The summed E-state index contributed by atoms with van der Waals surface area (Å²) >= 11 is 3.42. The Morgan fingerprint density at radius 2 is 2.10 bits per heavy atom. The van der Waals surface area contributed by atoms with Crippen molar-refractivity contribution in [2.75, 3.05) is 7.11 Å². The van der Waals surface area contributed by atoms with Crippen LogP contribution in [0.25, 0.3) is 0 Å². The fraction of sp³-hybridized carbons (Fsp3) is 0.250. The number of pyridine rings is 1. The van der Waals surface area contributed by atoms with Crippen LogP contribution in [-0.2, 0) is 12.8 Å². The van der Waals surface area contributed by atoms with E-state index in [0.29, 0.717) is 6.42 Å². The number of hydrogen-bond acceptors (Lipinski definition) is 3. The Hall–Kier alpha value is -1.68. The molecule has 2 aromatic rings. The Labute approximate surface area is 127 Å². The Bertz CT molecular complexity index is 626. The highest BCUT2D eigenvalue weighted by molar-refractivity contribution is 9.10. The predicted octanol–water partition coefficient (Wildman–Crippen LogP) is 3.84. The molecular formula is C16H16BrNO2. The van der Waals surface area contributed by atoms with Crippen molar-refractivity contribution in [1.29, 1.82) is 0 Å². The standard InChI is InChI=1S/C16H16BrNO2/c1-3-11-10-18-7-6-14(11)15(19)9-12-8-13(17)4-5-16(12)20-2/h4-8,10H,3,9H2,1-2H3. The number of hydrogen-bond donors (Lipinski definition) is 0. The summed E-state index contributed by atoms with van der Waals surface area (Å²) < 4.78 is 6.24. The molecule has 0 radical (unpaired) electrons. The van der Waals surface area contributed by atoms with E-state index in [1.165, 1.54) is 0 Å². The zero-order valence-corrected chi connectivity index (χ0v) is 13.1. The lowest BCUT2D eigenvalue weighted by molar-refractivity contribution is 0.0991. The van der Waals surface area contributed by atoms with Gasteiger partial charge < -0.3 is 4.74 Å². The summed E-state index contributed by atoms with van der Waals surface area (Å²) in [5, 5.41) is 0. The maximum Gasteiger partial charge on any atom is 0.167 e. The van der Waals surface area contributed by atoms with Gasteiger partial charge in [0, 0.05) is 34.4 Å². The van der Waals surface area contributed by atoms with Gasteiger partial charge >= 0.3 is 0 Å². The first-order valence-electron chi connectivity index (χ1n) is 6.44. The number of halogens is 1. The first-order valence-corrected chi connectivity index (χ1v) is 7.23. The molecule has 0 fully saturated rings. The largest absolute Gasteiger partial charge is 0.496 e. The number of ether oxygens (including phenoxy) is 1. The minimum absolute atomic E-state index is 0.0839. The Kier molecular flexibility index (Phi) is 4.90. The van der Waals surface area contributed by atoms with Crippen molar-refractivity contribution < 1.29 is 9.53 Å². The molecule has 0 bridgehead atoms. The number of carbonyl (C=O) groups is 1. The van der Waals surface area contributed by atoms with Gasteiger partial charge in [0.15, 0.2) is 5.78 Å². The number of nitrogens with zero attached hydrogens (tertiary/aromatic N) is 1. The number of ketones is 1. The number of Topliss-reactive ketones (excluding diaryl/α,β-unsaturated/α-hetero) is 1. The first-order chi connectivity index (χ1) is 9.65. The molecule has 1 aromatic heterocycles. The van der Waals surface area contributed by atoms with Crippen LogP contribution in [0.15, 0.2) is 41.1 Å². The predicted molar refractivity (Wildman–Crippen MR) is 82.3 cm³/mol. The van der Waals surface area contributed by atoms with E-state index in [9.17, 15) is 4.79 Å². The quantitative estimate of drug-likeness (QED) is 0.780. The molecule has 0 aliphatic carbocycles. The lowest BCUT2D eigenvalue weighted by Gasteiger charge is -2.10. The molecule has 0 saturated carbocycles. The van der Waals surface area contributed by atoms with Crippen LogP contribution in [0.3, 0.4) is 0 Å². The first kappa shape index (κ1) is 14.7. The third-order valence-corrected chi connectivity index (χ3v) is 3.67. The number of aryl methyl sites for hydroxylation is 1. The number of benzene rings is 1. The second-order valence-electron chi connectivity index (χ2n) is 4.44. The van der Waals surface area contributed by atoms with Crippen LogP contribution in [-0.4, -0.2) is 17.9 Å². The van der Waals surface area contributed by atoms with Crippen molar-refractivity contribution >= 4 is 21.7 Å². The van der Waals surface area contributed by atoms with Gasteiger partial charge in [0.2, 0.25) is 0 Å². The van der Waals surface area contributed by atoms with Gasteiger partial charge in [-0.05, 0) is 36.2 Å². The van der Waals surface area contributed by atoms with Gasteiger partial charge in [-0.15, -0.1) is 0 Å². The van der Waals surface area contributed by atoms with Gasteiger partial charge in [-0.2, -0.15) is 0 Å². The highest BCUT2D eigenvalue weighted by Crippen LogP contribution is 2.24. The molecule has 20 heavy (non-hydrogen) atoms. The average molecular weight is 334 g/mol. The summed E-state index contributed by atoms with van der Waals surface area (Å²) in [6.07, 6.45) is 4.53. The molecular weight excluding hydrogens is 318 g/mol. The maximum absolute atomic E-state index is 12.5. The summed E-state index contributed by atoms with van der Waals surface area (Å²) in [5.74, 6) is 0.814. The second-order valence-corrected chi connectivity index (χ2v) is 5.36. The average Bonchev–Trinajstić information content (AvgIpc) is 2.47. The van der Waals surface area contributed by atoms with Crippen molar-refractivity contribution in [3.63, 3.8) is 0 Å². The molecule has 0 aliphatic rings. The van der Waals surface area contributed by atoms with E-state index in [1.54, 1.807) is 25.6 Å². The number of methoxy groups -OCH3 is 1. The fourth-order valence-electron chi connectivity index (χ4n) is 2.13. The smallest absolute Gasteiger partial charge is 0.167 e. The zero-order chi connectivity index (χ0) is 14.5. The van der Waals surface area contributed by atoms with Crippen LogP contribution in [0.1, 0.15) is 28.4 Å². The van der Waals surface area contributed by atoms with Gasteiger partial charge in [0.1, 0.15) is 5.75 Å². The van der Waals surface area contributed by atoms with Crippen molar-refractivity contribution in [3.8, 4) is 5.75 Å². The van der Waals surface area contributed by atoms with E-state index in [0.717, 1.165) is 33.3 Å². The van der Waals surface area contributed by atoms with Crippen molar-refractivity contribution in [3.05, 3.63) is 57.8 Å². The lowest BCUT2D eigenvalue weighted by atomic mass is 9.98. The Balaban J connectivity index is 2.30. The molecule has 0 N–H and O–H groups in total. The van der Waals surface area contributed by atoms with E-state index < -0.39 is 0 Å². The van der Waals surface area contributed by atoms with Gasteiger partial charge in [-0.25, -0.2) is 0 Å². The zero-order valence-electron chi connectivity index (χ0n) is 11.5. The minimum Gasteiger partial charge on any atom is -0.496 e. The highest BCUT2D eigenvalue weighted by atomic mass is 79.9. The van der Waals surface area contributed by atoms with Crippen molar-refractivity contribution in [1.82, 2.24) is 4.98 Å². The van der Waals surface area contributed by atoms with Crippen LogP contribution >= 0.6 is 15.9 Å². The van der Waals surface area contributed by atoms with Crippen LogP contribution < -0.4 is 4.74 Å². The van der Waals surface area contributed by atoms with Crippen molar-refractivity contribution in [2.24, 2.45) is 0 Å². The maximum atomic E-state index is 12.5. The molecule has 0 unspecified atom stereocenters. The molecule has 104 valence electrons. The third kappa shape index (κ3) is 3.25. The van der Waals surface area contributed by atoms with E-state index >= 15 is 0 Å². The topological polar surface area (TPSA) is 39.2 Å². The summed E-state index contributed by atoms with van der Waals surface area (Å²) in [7, 11) is 1.61. The van der Waals surface area contributed by atoms with E-state index in [1.807, 2.05) is 25.1 Å². The summed E-state index contributed by atoms with van der Waals surface area (Å²) in [6, 6.07) is 7.46. The molecule has 0 saturated heterocycles. The van der Waals surface area contributed by atoms with E-state index in [4.69, 9.17) is 4.74 Å². The minimum atomic E-state index is 0.0839. The molecule has 0 aliphatic heterocycles. The highest BCUT2D eigenvalue weighted by Gasteiger charge is 2.14. The molecule has 2 rings (SSSR count). The van der Waals surface area contributed by atoms with Crippen LogP contribution in [0.2, 0.25) is 0 Å². The number of rotatable bonds is 5. The summed E-state index contributed by atoms with van der Waals surface area (Å²) in [5.41, 5.74) is 2.60. The SMILES string of the molecule is CCc1cnccc1C(=O)Cc1cc(Br)ccc1OC. The molecule has 0 amide bonds. The van der Waals surface area contributed by atoms with Gasteiger partial charge in [-0.1, -0.05) is 22.9 Å². The fourth-order valence-corrected chi connectivity index (χ4v) is 2.54. The molecule has 0 atom stereocenters. The van der Waals surface area contributed by atoms with Crippen LogP contribution in [0, 0.1) is 0 Å². The van der Waals surface area contributed by atoms with Gasteiger partial charge in [0.25, 0.3) is 0 Å². The second kappa shape index (κ2) is 6.66. The Morgan fingerprint density at radius 1 is 1.30 bits per heavy atom. The van der Waals surface area contributed by atoms with Gasteiger partial charge in [0.05, 0.1) is 7.11 Å². The number of aromatic nitrogens is 1. The molecule has 3 nitrogen and oxygen atoms in total. The lowest BCUT2D eigenvalue weighted by Crippen LogP contribution is -2.08. The molecule has 4 heteroatoms. The van der Waals surface area contributed by atoms with Crippen LogP contribution in [0.4, 0.5) is 0 Å². The van der Waals surface area contributed by atoms with E-state index in [-0.39, 0.29) is 5.78 Å². The third-order valence-electron chi connectivity index (χ3n) is 3.18. The normalized spacial score (nSPS) is 10.3. The van der Waals surface area contributed by atoms with Crippen LogP contribution in [0.5, 0.6) is 5.75 Å². The molecule has 1 heterocycles. The number of carbonyl (C=O) groups excluding carboxylic acids is 1. The summed E-state index contributed by atoms with van der Waals surface area (Å²) in [4.78, 5) is 16.5. The van der Waals surface area contributed by atoms with E-state index in [2.05, 4.69) is 20.9 Å². The van der Waals surface area contributed by atoms with Crippen molar-refractivity contribution in [2.45, 2.75) is 19.8 Å².